The Morgan fingerprint density at radius 2 is 1.78 bits per heavy atom. The third-order valence-electron chi connectivity index (χ3n) is 4.89. The summed E-state index contributed by atoms with van der Waals surface area (Å²) in [6, 6.07) is 14.2. The first-order valence-electron chi connectivity index (χ1n) is 8.71. The Bertz CT molecular complexity index is 772. The van der Waals surface area contributed by atoms with Crippen LogP contribution in [0, 0.1) is 0 Å². The van der Waals surface area contributed by atoms with E-state index in [1.807, 2.05) is 36.6 Å². The molecule has 1 heterocycles. The molecule has 0 aromatic heterocycles. The molecule has 0 saturated carbocycles. The number of benzene rings is 2. The number of nitrogens with zero attached hydrogens (tertiary/aromatic N) is 1. The van der Waals surface area contributed by atoms with Crippen molar-refractivity contribution in [2.24, 2.45) is 0 Å². The molecule has 27 heavy (non-hydrogen) atoms. The van der Waals surface area contributed by atoms with Crippen LogP contribution in [0.2, 0.25) is 0 Å². The molecule has 0 spiro atoms. The van der Waals surface area contributed by atoms with Crippen molar-refractivity contribution < 1.29 is 18.0 Å². The maximum Gasteiger partial charge on any atom is 0.416 e. The molecule has 1 atom stereocenters. The molecule has 1 unspecified atom stereocenters. The van der Waals surface area contributed by atoms with Gasteiger partial charge in [-0.25, -0.2) is 0 Å². The molecule has 3 nitrogen and oxygen atoms in total. The predicted molar refractivity (Wildman–Crippen MR) is 101 cm³/mol. The summed E-state index contributed by atoms with van der Waals surface area (Å²) in [5.41, 5.74) is -0.0319. The maximum absolute atomic E-state index is 13.2. The molecule has 1 saturated heterocycles. The van der Waals surface area contributed by atoms with E-state index in [9.17, 15) is 18.0 Å². The highest BCUT2D eigenvalue weighted by Gasteiger charge is 2.43. The van der Waals surface area contributed by atoms with Gasteiger partial charge in [-0.1, -0.05) is 30.3 Å². The number of rotatable bonds is 4. The molecule has 0 aliphatic carbocycles. The zero-order valence-corrected chi connectivity index (χ0v) is 15.7. The van der Waals surface area contributed by atoms with Gasteiger partial charge in [0.05, 0.1) is 11.1 Å². The average molecular weight is 394 g/mol. The van der Waals surface area contributed by atoms with E-state index in [-0.39, 0.29) is 11.5 Å². The van der Waals surface area contributed by atoms with Crippen molar-refractivity contribution in [3.05, 3.63) is 71.3 Å². The minimum absolute atomic E-state index is 0.248. The maximum atomic E-state index is 13.2. The molecule has 1 fully saturated rings. The first kappa shape index (κ1) is 19.8. The van der Waals surface area contributed by atoms with Crippen LogP contribution in [0.1, 0.15) is 34.3 Å². The van der Waals surface area contributed by atoms with Crippen molar-refractivity contribution in [3.8, 4) is 0 Å². The first-order chi connectivity index (χ1) is 12.9. The lowest BCUT2D eigenvalue weighted by Crippen LogP contribution is -2.54. The second-order valence-electron chi connectivity index (χ2n) is 6.54. The molecule has 0 bridgehead atoms. The average Bonchev–Trinajstić information content (AvgIpc) is 2.69. The summed E-state index contributed by atoms with van der Waals surface area (Å²) >= 11 is 1.30. The van der Waals surface area contributed by atoms with Gasteiger partial charge in [-0.2, -0.15) is 13.2 Å². The Balaban J connectivity index is 1.97. The zero-order chi connectivity index (χ0) is 19.5. The summed E-state index contributed by atoms with van der Waals surface area (Å²) in [5.74, 6) is -0.288. The largest absolute Gasteiger partial charge is 0.416 e. The van der Waals surface area contributed by atoms with Gasteiger partial charge >= 0.3 is 6.18 Å². The van der Waals surface area contributed by atoms with Crippen molar-refractivity contribution in [1.82, 2.24) is 9.62 Å². The van der Waals surface area contributed by atoms with Gasteiger partial charge in [0.2, 0.25) is 0 Å². The summed E-state index contributed by atoms with van der Waals surface area (Å²) in [6.45, 7) is 1.48. The van der Waals surface area contributed by atoms with Crippen LogP contribution in [-0.2, 0) is 11.7 Å². The normalized spacial score (nSPS) is 20.3. The van der Waals surface area contributed by atoms with Crippen LogP contribution >= 0.6 is 11.9 Å². The van der Waals surface area contributed by atoms with Gasteiger partial charge in [0.25, 0.3) is 5.91 Å². The lowest BCUT2D eigenvalue weighted by atomic mass is 9.82. The Morgan fingerprint density at radius 3 is 2.30 bits per heavy atom. The molecule has 3 rings (SSSR count). The molecular weight excluding hydrogens is 373 g/mol. The van der Waals surface area contributed by atoms with Crippen LogP contribution in [0.25, 0.3) is 0 Å². The molecule has 1 N–H and O–H groups in total. The fraction of sp³-hybridized carbons (Fsp3) is 0.350. The second kappa shape index (κ2) is 7.94. The van der Waals surface area contributed by atoms with Crippen LogP contribution in [-0.4, -0.2) is 29.6 Å². The summed E-state index contributed by atoms with van der Waals surface area (Å²) in [7, 11) is 0. The van der Waals surface area contributed by atoms with Crippen LogP contribution < -0.4 is 5.32 Å². The van der Waals surface area contributed by atoms with Gasteiger partial charge in [-0.05, 0) is 61.2 Å². The van der Waals surface area contributed by atoms with Gasteiger partial charge in [-0.15, -0.1) is 0 Å². The van der Waals surface area contributed by atoms with Crippen LogP contribution in [0.3, 0.4) is 0 Å². The highest BCUT2D eigenvalue weighted by molar-refractivity contribution is 7.96. The number of hydrogen-bond donors (Lipinski definition) is 1. The SMILES string of the molecule is CSN(C(=O)c1ccc(C(F)(F)F)cc1)C1(c2ccccc2)CCCNC1. The highest BCUT2D eigenvalue weighted by atomic mass is 32.2. The number of carbonyl (C=O) groups is 1. The van der Waals surface area contributed by atoms with Crippen molar-refractivity contribution >= 4 is 17.9 Å². The van der Waals surface area contributed by atoms with E-state index in [2.05, 4.69) is 5.32 Å². The van der Waals surface area contributed by atoms with E-state index >= 15 is 0 Å². The molecule has 144 valence electrons. The molecule has 1 aliphatic rings. The Hall–Kier alpha value is -1.99. The minimum Gasteiger partial charge on any atom is -0.314 e. The number of piperidine rings is 1. The third-order valence-corrected chi connectivity index (χ3v) is 5.77. The monoisotopic (exact) mass is 394 g/mol. The lowest BCUT2D eigenvalue weighted by Gasteiger charge is -2.45. The van der Waals surface area contributed by atoms with Crippen molar-refractivity contribution in [1.29, 1.82) is 0 Å². The quantitative estimate of drug-likeness (QED) is 0.763. The van der Waals surface area contributed by atoms with Gasteiger partial charge in [0.1, 0.15) is 0 Å². The number of amides is 1. The molecular formula is C20H21F3N2OS. The lowest BCUT2D eigenvalue weighted by molar-refractivity contribution is -0.137. The van der Waals surface area contributed by atoms with Crippen molar-refractivity contribution in [2.45, 2.75) is 24.6 Å². The summed E-state index contributed by atoms with van der Waals surface area (Å²) < 4.78 is 40.1. The van der Waals surface area contributed by atoms with E-state index < -0.39 is 17.3 Å². The van der Waals surface area contributed by atoms with Crippen LogP contribution in [0.5, 0.6) is 0 Å². The Kier molecular flexibility index (Phi) is 5.81. The number of nitrogens with one attached hydrogen (secondary N) is 1. The number of alkyl halides is 3. The zero-order valence-electron chi connectivity index (χ0n) is 14.9. The van der Waals surface area contributed by atoms with E-state index in [1.165, 1.54) is 24.1 Å². The minimum atomic E-state index is -4.42. The molecule has 0 radical (unpaired) electrons. The second-order valence-corrected chi connectivity index (χ2v) is 7.27. The molecule has 1 aliphatic heterocycles. The predicted octanol–water partition coefficient (Wildman–Crippen LogP) is 4.70. The summed E-state index contributed by atoms with van der Waals surface area (Å²) in [5, 5.41) is 3.37. The summed E-state index contributed by atoms with van der Waals surface area (Å²) in [6.07, 6.45) is -0.899. The molecule has 7 heteroatoms. The molecule has 1 amide bonds. The third kappa shape index (κ3) is 3.99. The number of hydrogen-bond acceptors (Lipinski definition) is 3. The standard InChI is InChI=1S/C20H21F3N2OS/c1-27-25(18(26)15-8-10-17(11-9-15)20(21,22)23)19(12-5-13-24-14-19)16-6-3-2-4-7-16/h2-4,6-11,24H,5,12-14H2,1H3. The van der Waals surface area contributed by atoms with Gasteiger partial charge in [0.15, 0.2) is 0 Å². The van der Waals surface area contributed by atoms with E-state index in [4.69, 9.17) is 0 Å². The highest BCUT2D eigenvalue weighted by Crippen LogP contribution is 2.40. The van der Waals surface area contributed by atoms with Gasteiger partial charge in [0, 0.05) is 18.4 Å². The van der Waals surface area contributed by atoms with Gasteiger partial charge < -0.3 is 5.32 Å². The Morgan fingerprint density at radius 1 is 1.11 bits per heavy atom. The Labute approximate surface area is 161 Å². The number of carbonyl (C=O) groups excluding carboxylic acids is 1. The molecule has 2 aromatic rings. The van der Waals surface area contributed by atoms with Crippen LogP contribution in [0.4, 0.5) is 13.2 Å². The van der Waals surface area contributed by atoms with E-state index in [0.29, 0.717) is 6.54 Å². The smallest absolute Gasteiger partial charge is 0.314 e. The van der Waals surface area contributed by atoms with E-state index in [0.717, 1.165) is 37.1 Å². The number of halogens is 3. The van der Waals surface area contributed by atoms with Crippen LogP contribution in [0.15, 0.2) is 54.6 Å². The first-order valence-corrected chi connectivity index (χ1v) is 9.89. The fourth-order valence-electron chi connectivity index (χ4n) is 3.55. The van der Waals surface area contributed by atoms with Crippen molar-refractivity contribution in [3.63, 3.8) is 0 Å². The summed E-state index contributed by atoms with van der Waals surface area (Å²) in [4.78, 5) is 13.2. The molecule has 2 aromatic carbocycles. The van der Waals surface area contributed by atoms with E-state index in [1.54, 1.807) is 4.31 Å². The van der Waals surface area contributed by atoms with Crippen molar-refractivity contribution in [2.75, 3.05) is 19.3 Å². The topological polar surface area (TPSA) is 32.3 Å². The fourth-order valence-corrected chi connectivity index (χ4v) is 4.43. The van der Waals surface area contributed by atoms with Gasteiger partial charge in [-0.3, -0.25) is 9.10 Å².